The van der Waals surface area contributed by atoms with Gasteiger partial charge in [0.25, 0.3) is 0 Å². The molecule has 2 aliphatic heterocycles. The van der Waals surface area contributed by atoms with Crippen LogP contribution in [0.4, 0.5) is 0 Å². The standard InChI is InChI=1S/C16H25NO2/c18-15(16-9-14(16)10-16)17-6-2-1-3-13(11-17)12-4-7-19-8-5-12/h12-14H,1-11H2. The summed E-state index contributed by atoms with van der Waals surface area (Å²) in [6.07, 6.45) is 8.66. The highest BCUT2D eigenvalue weighted by Crippen LogP contribution is 2.76. The molecule has 106 valence electrons. The van der Waals surface area contributed by atoms with Gasteiger partial charge in [-0.25, -0.2) is 0 Å². The maximum Gasteiger partial charge on any atom is 0.229 e. The molecule has 4 aliphatic rings. The minimum Gasteiger partial charge on any atom is -0.381 e. The first-order valence-corrected chi connectivity index (χ1v) is 8.17. The van der Waals surface area contributed by atoms with E-state index in [4.69, 9.17) is 4.74 Å². The van der Waals surface area contributed by atoms with Crippen molar-refractivity contribution in [3.05, 3.63) is 0 Å². The molecule has 1 unspecified atom stereocenters. The number of carbonyl (C=O) groups is 1. The highest BCUT2D eigenvalue weighted by Gasteiger charge is 2.75. The Labute approximate surface area is 115 Å². The average molecular weight is 263 g/mol. The zero-order valence-corrected chi connectivity index (χ0v) is 11.8. The number of likely N-dealkylation sites (tertiary alicyclic amines) is 1. The number of hydrogen-bond acceptors (Lipinski definition) is 2. The molecule has 2 saturated carbocycles. The third-order valence-corrected chi connectivity index (χ3v) is 6.04. The predicted octanol–water partition coefficient (Wildman–Crippen LogP) is 2.45. The number of rotatable bonds is 2. The summed E-state index contributed by atoms with van der Waals surface area (Å²) in [7, 11) is 0. The third-order valence-electron chi connectivity index (χ3n) is 6.04. The molecule has 2 saturated heterocycles. The molecule has 0 aromatic heterocycles. The van der Waals surface area contributed by atoms with Gasteiger partial charge in [-0.2, -0.15) is 0 Å². The van der Waals surface area contributed by atoms with Crippen molar-refractivity contribution < 1.29 is 9.53 Å². The Morgan fingerprint density at radius 1 is 1.05 bits per heavy atom. The topological polar surface area (TPSA) is 29.5 Å². The molecule has 4 rings (SSSR count). The van der Waals surface area contributed by atoms with Crippen molar-refractivity contribution in [2.75, 3.05) is 26.3 Å². The first kappa shape index (κ1) is 12.2. The number of carbonyl (C=O) groups excluding carboxylic acids is 1. The fraction of sp³-hybridized carbons (Fsp3) is 0.938. The lowest BCUT2D eigenvalue weighted by Gasteiger charge is -2.33. The second-order valence-electron chi connectivity index (χ2n) is 7.22. The normalized spacial score (nSPS) is 42.4. The molecule has 1 amide bonds. The van der Waals surface area contributed by atoms with Crippen LogP contribution in [0, 0.1) is 23.2 Å². The van der Waals surface area contributed by atoms with Gasteiger partial charge in [0.15, 0.2) is 0 Å². The van der Waals surface area contributed by atoms with Gasteiger partial charge in [-0.05, 0) is 56.3 Å². The Morgan fingerprint density at radius 2 is 1.79 bits per heavy atom. The molecule has 1 atom stereocenters. The summed E-state index contributed by atoms with van der Waals surface area (Å²) in [5.41, 5.74) is 0.171. The lowest BCUT2D eigenvalue weighted by Crippen LogP contribution is -2.39. The lowest BCUT2D eigenvalue weighted by molar-refractivity contribution is -0.135. The minimum atomic E-state index is 0.171. The zero-order chi connectivity index (χ0) is 12.9. The van der Waals surface area contributed by atoms with Crippen LogP contribution in [0.2, 0.25) is 0 Å². The quantitative estimate of drug-likeness (QED) is 0.766. The molecule has 0 aromatic rings. The SMILES string of the molecule is O=C(N1CCCCC(C2CCOCC2)C1)C12CC1C2. The van der Waals surface area contributed by atoms with Crippen LogP contribution in [0.15, 0.2) is 0 Å². The molecule has 2 aliphatic carbocycles. The van der Waals surface area contributed by atoms with Crippen molar-refractivity contribution >= 4 is 5.91 Å². The summed E-state index contributed by atoms with van der Waals surface area (Å²) in [5.74, 6) is 2.83. The van der Waals surface area contributed by atoms with Crippen molar-refractivity contribution in [3.63, 3.8) is 0 Å². The second-order valence-corrected chi connectivity index (χ2v) is 7.22. The van der Waals surface area contributed by atoms with E-state index in [0.29, 0.717) is 5.91 Å². The summed E-state index contributed by atoms with van der Waals surface area (Å²) in [6.45, 7) is 3.92. The molecule has 3 heteroatoms. The van der Waals surface area contributed by atoms with Crippen molar-refractivity contribution in [2.45, 2.75) is 44.9 Å². The molecule has 0 aromatic carbocycles. The average Bonchev–Trinajstić information content (AvgIpc) is 3.29. The third kappa shape index (κ3) is 2.10. The summed E-state index contributed by atoms with van der Waals surface area (Å²) < 4.78 is 5.49. The number of fused-ring (bicyclic) bond motifs is 1. The Hall–Kier alpha value is -0.570. The van der Waals surface area contributed by atoms with E-state index in [9.17, 15) is 4.79 Å². The van der Waals surface area contributed by atoms with Crippen molar-refractivity contribution in [3.8, 4) is 0 Å². The van der Waals surface area contributed by atoms with Gasteiger partial charge >= 0.3 is 0 Å². The molecule has 0 bridgehead atoms. The van der Waals surface area contributed by atoms with E-state index in [1.807, 2.05) is 0 Å². The second kappa shape index (κ2) is 4.47. The highest BCUT2D eigenvalue weighted by molar-refractivity contribution is 5.90. The Morgan fingerprint density at radius 3 is 2.47 bits per heavy atom. The number of nitrogens with zero attached hydrogens (tertiary/aromatic N) is 1. The molecular formula is C16H25NO2. The van der Waals surface area contributed by atoms with Crippen LogP contribution in [-0.4, -0.2) is 37.1 Å². The van der Waals surface area contributed by atoms with Crippen molar-refractivity contribution in [1.29, 1.82) is 0 Å². The summed E-state index contributed by atoms with van der Waals surface area (Å²) in [6, 6.07) is 0. The largest absolute Gasteiger partial charge is 0.381 e. The van der Waals surface area contributed by atoms with Crippen LogP contribution < -0.4 is 0 Å². The number of ether oxygens (including phenoxy) is 1. The maximum absolute atomic E-state index is 12.6. The van der Waals surface area contributed by atoms with Crippen LogP contribution >= 0.6 is 0 Å². The monoisotopic (exact) mass is 263 g/mol. The van der Waals surface area contributed by atoms with Gasteiger partial charge in [-0.3, -0.25) is 4.79 Å². The number of amides is 1. The molecule has 0 radical (unpaired) electrons. The van der Waals surface area contributed by atoms with Gasteiger partial charge in [-0.1, -0.05) is 6.42 Å². The van der Waals surface area contributed by atoms with E-state index in [1.54, 1.807) is 0 Å². The van der Waals surface area contributed by atoms with Crippen LogP contribution in [0.1, 0.15) is 44.9 Å². The molecule has 19 heavy (non-hydrogen) atoms. The smallest absolute Gasteiger partial charge is 0.229 e. The zero-order valence-electron chi connectivity index (χ0n) is 11.8. The molecule has 0 spiro atoms. The first-order chi connectivity index (χ1) is 9.29. The molecule has 3 nitrogen and oxygen atoms in total. The Kier molecular flexibility index (Phi) is 2.87. The fourth-order valence-electron chi connectivity index (χ4n) is 4.30. The van der Waals surface area contributed by atoms with E-state index in [1.165, 1.54) is 44.9 Å². The molecule has 2 heterocycles. The first-order valence-electron chi connectivity index (χ1n) is 8.17. The predicted molar refractivity (Wildman–Crippen MR) is 72.6 cm³/mol. The van der Waals surface area contributed by atoms with E-state index in [2.05, 4.69) is 4.90 Å². The summed E-state index contributed by atoms with van der Waals surface area (Å²) in [4.78, 5) is 14.8. The van der Waals surface area contributed by atoms with E-state index in [0.717, 1.165) is 44.1 Å². The van der Waals surface area contributed by atoms with Gasteiger partial charge < -0.3 is 9.64 Å². The van der Waals surface area contributed by atoms with Crippen LogP contribution in [0.25, 0.3) is 0 Å². The minimum absolute atomic E-state index is 0.171. The highest BCUT2D eigenvalue weighted by atomic mass is 16.5. The van der Waals surface area contributed by atoms with Crippen LogP contribution in [-0.2, 0) is 9.53 Å². The van der Waals surface area contributed by atoms with Gasteiger partial charge in [0.05, 0.1) is 5.41 Å². The van der Waals surface area contributed by atoms with E-state index >= 15 is 0 Å². The van der Waals surface area contributed by atoms with Crippen molar-refractivity contribution in [2.24, 2.45) is 23.2 Å². The van der Waals surface area contributed by atoms with Gasteiger partial charge in [0.2, 0.25) is 5.91 Å². The molecule has 4 fully saturated rings. The summed E-state index contributed by atoms with van der Waals surface area (Å²) in [5, 5.41) is 0. The Balaban J connectivity index is 1.42. The van der Waals surface area contributed by atoms with Gasteiger partial charge in [0, 0.05) is 26.3 Å². The van der Waals surface area contributed by atoms with Crippen LogP contribution in [0.5, 0.6) is 0 Å². The number of hydrogen-bond donors (Lipinski definition) is 0. The van der Waals surface area contributed by atoms with Crippen LogP contribution in [0.3, 0.4) is 0 Å². The van der Waals surface area contributed by atoms with E-state index < -0.39 is 0 Å². The van der Waals surface area contributed by atoms with Gasteiger partial charge in [0.1, 0.15) is 0 Å². The fourth-order valence-corrected chi connectivity index (χ4v) is 4.30. The van der Waals surface area contributed by atoms with Gasteiger partial charge in [-0.15, -0.1) is 0 Å². The Bertz CT molecular complexity index is 369. The van der Waals surface area contributed by atoms with Crippen molar-refractivity contribution in [1.82, 2.24) is 4.90 Å². The lowest BCUT2D eigenvalue weighted by atomic mass is 9.83. The molecular weight excluding hydrogens is 238 g/mol. The molecule has 0 N–H and O–H groups in total. The summed E-state index contributed by atoms with van der Waals surface area (Å²) >= 11 is 0. The van der Waals surface area contributed by atoms with E-state index in [-0.39, 0.29) is 5.41 Å². The maximum atomic E-state index is 12.6.